The molecule has 0 spiro atoms. The summed E-state index contributed by atoms with van der Waals surface area (Å²) < 4.78 is 46.4. The molecule has 0 atom stereocenters. The second-order valence-electron chi connectivity index (χ2n) is 2.78. The molecule has 2 N–H and O–H groups in total. The first-order chi connectivity index (χ1) is 7.64. The minimum atomic E-state index is -4.31. The molecule has 0 saturated heterocycles. The van der Waals surface area contributed by atoms with Crippen molar-refractivity contribution in [2.45, 2.75) is 11.5 Å². The molecule has 1 aromatic rings. The van der Waals surface area contributed by atoms with E-state index in [2.05, 4.69) is 20.9 Å². The molecular formula is C6H4BrF2N3O4S. The Morgan fingerprint density at radius 2 is 2.06 bits per heavy atom. The van der Waals surface area contributed by atoms with E-state index in [0.717, 1.165) is 0 Å². The van der Waals surface area contributed by atoms with Crippen LogP contribution in [0.1, 0.15) is 12.0 Å². The van der Waals surface area contributed by atoms with Crippen molar-refractivity contribution >= 4 is 31.8 Å². The van der Waals surface area contributed by atoms with Crippen LogP contribution in [0.15, 0.2) is 15.6 Å². The van der Waals surface area contributed by atoms with Crippen molar-refractivity contribution in [2.75, 3.05) is 0 Å². The number of sulfonamides is 1. The van der Waals surface area contributed by atoms with Gasteiger partial charge in [0, 0.05) is 10.5 Å². The lowest BCUT2D eigenvalue weighted by Crippen LogP contribution is -2.15. The van der Waals surface area contributed by atoms with Crippen LogP contribution in [0.25, 0.3) is 0 Å². The summed E-state index contributed by atoms with van der Waals surface area (Å²) in [6, 6.07) is 0.684. The van der Waals surface area contributed by atoms with Gasteiger partial charge in [-0.2, -0.15) is 0 Å². The van der Waals surface area contributed by atoms with E-state index in [1.165, 1.54) is 0 Å². The molecule has 0 saturated carbocycles. The zero-order chi connectivity index (χ0) is 13.4. The first kappa shape index (κ1) is 13.9. The average Bonchev–Trinajstić information content (AvgIpc) is 2.13. The Balaban J connectivity index is 3.64. The van der Waals surface area contributed by atoms with Crippen LogP contribution >= 0.6 is 15.9 Å². The van der Waals surface area contributed by atoms with E-state index in [0.29, 0.717) is 6.07 Å². The number of nitrogens with zero attached hydrogens (tertiary/aromatic N) is 2. The summed E-state index contributed by atoms with van der Waals surface area (Å²) in [5.74, 6) is -1.25. The first-order valence-electron chi connectivity index (χ1n) is 3.80. The number of hydrogen-bond acceptors (Lipinski definition) is 5. The molecule has 1 aromatic heterocycles. The van der Waals surface area contributed by atoms with E-state index < -0.39 is 42.3 Å². The van der Waals surface area contributed by atoms with Gasteiger partial charge in [-0.05, 0) is 25.8 Å². The van der Waals surface area contributed by atoms with Gasteiger partial charge in [-0.1, -0.05) is 0 Å². The maximum Gasteiger partial charge on any atom is 0.375 e. The maximum atomic E-state index is 12.5. The summed E-state index contributed by atoms with van der Waals surface area (Å²) in [6.07, 6.45) is -3.17. The lowest BCUT2D eigenvalue weighted by atomic mass is 10.2. The summed E-state index contributed by atoms with van der Waals surface area (Å²) in [5, 5.41) is 14.3. The van der Waals surface area contributed by atoms with E-state index in [-0.39, 0.29) is 0 Å². The van der Waals surface area contributed by atoms with Gasteiger partial charge in [-0.3, -0.25) is 0 Å². The number of aromatic nitrogens is 1. The smallest absolute Gasteiger partial charge is 0.358 e. The summed E-state index contributed by atoms with van der Waals surface area (Å²) in [4.78, 5) is 12.3. The van der Waals surface area contributed by atoms with Crippen molar-refractivity contribution in [3.05, 3.63) is 26.2 Å². The summed E-state index contributed by atoms with van der Waals surface area (Å²) in [5.41, 5.74) is -0.998. The molecule has 0 aliphatic carbocycles. The highest BCUT2D eigenvalue weighted by atomic mass is 79.9. The van der Waals surface area contributed by atoms with E-state index in [9.17, 15) is 27.3 Å². The topological polar surface area (TPSA) is 116 Å². The fourth-order valence-corrected chi connectivity index (χ4v) is 2.19. The van der Waals surface area contributed by atoms with Crippen molar-refractivity contribution in [1.29, 1.82) is 0 Å². The van der Waals surface area contributed by atoms with Gasteiger partial charge in [0.05, 0.1) is 0 Å². The number of primary sulfonamides is 1. The van der Waals surface area contributed by atoms with E-state index >= 15 is 0 Å². The maximum absolute atomic E-state index is 12.5. The third-order valence-corrected chi connectivity index (χ3v) is 3.10. The molecule has 0 unspecified atom stereocenters. The zero-order valence-electron chi connectivity index (χ0n) is 7.80. The summed E-state index contributed by atoms with van der Waals surface area (Å²) in [6.45, 7) is 0. The first-order valence-corrected chi connectivity index (χ1v) is 6.14. The number of nitrogens with two attached hydrogens (primary N) is 1. The molecule has 0 aliphatic heterocycles. The lowest BCUT2D eigenvalue weighted by Gasteiger charge is -2.04. The molecule has 17 heavy (non-hydrogen) atoms. The van der Waals surface area contributed by atoms with Crippen LogP contribution in [0.5, 0.6) is 0 Å². The largest absolute Gasteiger partial charge is 0.375 e. The third-order valence-electron chi connectivity index (χ3n) is 1.65. The number of pyridine rings is 1. The Morgan fingerprint density at radius 3 is 2.41 bits per heavy atom. The number of halogens is 3. The zero-order valence-corrected chi connectivity index (χ0v) is 10.2. The monoisotopic (exact) mass is 331 g/mol. The quantitative estimate of drug-likeness (QED) is 0.662. The van der Waals surface area contributed by atoms with Gasteiger partial charge in [0.1, 0.15) is 5.56 Å². The van der Waals surface area contributed by atoms with Gasteiger partial charge < -0.3 is 10.1 Å². The second-order valence-corrected chi connectivity index (χ2v) is 5.15. The van der Waals surface area contributed by atoms with Crippen LogP contribution in [-0.2, 0) is 10.0 Å². The fourth-order valence-electron chi connectivity index (χ4n) is 0.977. The molecule has 11 heteroatoms. The van der Waals surface area contributed by atoms with Gasteiger partial charge in [0.2, 0.25) is 0 Å². The highest BCUT2D eigenvalue weighted by Gasteiger charge is 2.31. The van der Waals surface area contributed by atoms with E-state index in [4.69, 9.17) is 5.14 Å². The molecule has 7 nitrogen and oxygen atoms in total. The van der Waals surface area contributed by atoms with Crippen LogP contribution in [0, 0.1) is 10.1 Å². The molecule has 0 radical (unpaired) electrons. The highest BCUT2D eigenvalue weighted by molar-refractivity contribution is 9.10. The van der Waals surface area contributed by atoms with Gasteiger partial charge in [-0.25, -0.2) is 22.3 Å². The molecule has 94 valence electrons. The Kier molecular flexibility index (Phi) is 3.74. The van der Waals surface area contributed by atoms with E-state index in [1.54, 1.807) is 0 Å². The molecule has 1 heterocycles. The second kappa shape index (κ2) is 4.58. The molecule has 0 aliphatic rings. The van der Waals surface area contributed by atoms with Crippen LogP contribution in [0.2, 0.25) is 0 Å². The van der Waals surface area contributed by atoms with Gasteiger partial charge >= 0.3 is 5.82 Å². The van der Waals surface area contributed by atoms with Crippen molar-refractivity contribution in [3.63, 3.8) is 0 Å². The highest BCUT2D eigenvalue weighted by Crippen LogP contribution is 2.35. The number of nitro groups is 1. The molecule has 0 fully saturated rings. The Morgan fingerprint density at radius 1 is 1.53 bits per heavy atom. The fraction of sp³-hybridized carbons (Fsp3) is 0.167. The Hall–Kier alpha value is -1.20. The van der Waals surface area contributed by atoms with Gasteiger partial charge in [-0.15, -0.1) is 0 Å². The molecule has 0 bridgehead atoms. The van der Waals surface area contributed by atoms with Crippen molar-refractivity contribution in [1.82, 2.24) is 4.98 Å². The molecular weight excluding hydrogens is 328 g/mol. The minimum absolute atomic E-state index is 0.446. The molecule has 1 rings (SSSR count). The molecule has 0 amide bonds. The van der Waals surface area contributed by atoms with Crippen LogP contribution in [-0.4, -0.2) is 18.3 Å². The van der Waals surface area contributed by atoms with Gasteiger partial charge in [0.15, 0.2) is 0 Å². The van der Waals surface area contributed by atoms with E-state index in [1.807, 2.05) is 0 Å². The van der Waals surface area contributed by atoms with Crippen LogP contribution in [0.3, 0.4) is 0 Å². The number of alkyl halides is 2. The standard InChI is InChI=1S/C6H4BrF2N3O4S/c7-2-1-3(17(10,15)16)11-6(12(13)14)4(2)5(8)9/h1,5H,(H2,10,15,16). The van der Waals surface area contributed by atoms with Crippen molar-refractivity contribution in [2.24, 2.45) is 5.14 Å². The third kappa shape index (κ3) is 2.92. The summed E-state index contributed by atoms with van der Waals surface area (Å²) in [7, 11) is -4.31. The van der Waals surface area contributed by atoms with Crippen molar-refractivity contribution in [3.8, 4) is 0 Å². The van der Waals surface area contributed by atoms with Crippen LogP contribution in [0.4, 0.5) is 14.6 Å². The van der Waals surface area contributed by atoms with Crippen LogP contribution < -0.4 is 5.14 Å². The number of rotatable bonds is 3. The average molecular weight is 332 g/mol. The SMILES string of the molecule is NS(=O)(=O)c1cc(Br)c(C(F)F)c([N+](=O)[O-])n1. The summed E-state index contributed by atoms with van der Waals surface area (Å²) >= 11 is 2.61. The lowest BCUT2D eigenvalue weighted by molar-refractivity contribution is -0.391. The Labute approximate surface area is 102 Å². The normalized spacial score (nSPS) is 11.8. The molecule has 0 aromatic carbocycles. The minimum Gasteiger partial charge on any atom is -0.358 e. The van der Waals surface area contributed by atoms with Crippen molar-refractivity contribution < 1.29 is 22.1 Å². The number of hydrogen-bond donors (Lipinski definition) is 1. The van der Waals surface area contributed by atoms with Gasteiger partial charge in [0.25, 0.3) is 21.5 Å². The Bertz CT molecular complexity index is 577. The predicted molar refractivity (Wildman–Crippen MR) is 54.9 cm³/mol. The predicted octanol–water partition coefficient (Wildman–Crippen LogP) is 1.34.